The summed E-state index contributed by atoms with van der Waals surface area (Å²) in [5.41, 5.74) is 1.23. The molecular formula is C20H22FN3O3. The Balaban J connectivity index is 1.53. The van der Waals surface area contributed by atoms with Crippen molar-refractivity contribution in [3.05, 3.63) is 59.5 Å². The molecule has 1 aliphatic rings. The van der Waals surface area contributed by atoms with E-state index in [0.29, 0.717) is 38.3 Å². The lowest BCUT2D eigenvalue weighted by molar-refractivity contribution is -0.130. The third-order valence-electron chi connectivity index (χ3n) is 4.48. The Morgan fingerprint density at radius 3 is 2.37 bits per heavy atom. The van der Waals surface area contributed by atoms with Crippen LogP contribution in [-0.2, 0) is 16.0 Å². The Morgan fingerprint density at radius 2 is 1.78 bits per heavy atom. The number of halogens is 1. The van der Waals surface area contributed by atoms with Gasteiger partial charge in [-0.2, -0.15) is 0 Å². The Morgan fingerprint density at radius 1 is 1.07 bits per heavy atom. The van der Waals surface area contributed by atoms with E-state index in [-0.39, 0.29) is 24.1 Å². The van der Waals surface area contributed by atoms with Crippen molar-refractivity contribution in [2.45, 2.75) is 13.3 Å². The van der Waals surface area contributed by atoms with E-state index in [1.807, 2.05) is 4.90 Å². The molecule has 2 heterocycles. The second-order valence-corrected chi connectivity index (χ2v) is 6.30. The molecule has 2 aromatic rings. The average Bonchev–Trinajstić information content (AvgIpc) is 2.70. The molecule has 1 fully saturated rings. The van der Waals surface area contributed by atoms with Gasteiger partial charge in [-0.15, -0.1) is 0 Å². The third-order valence-corrected chi connectivity index (χ3v) is 4.48. The summed E-state index contributed by atoms with van der Waals surface area (Å²) in [6.07, 6.45) is 1.78. The van der Waals surface area contributed by atoms with E-state index >= 15 is 0 Å². The molecule has 0 aliphatic carbocycles. The minimum Gasteiger partial charge on any atom is -0.462 e. The minimum atomic E-state index is -0.382. The van der Waals surface area contributed by atoms with Gasteiger partial charge in [-0.1, -0.05) is 12.1 Å². The SMILES string of the molecule is CCOC(=O)c1ccc(N2CCN(C(=O)Cc3ccc(F)cc3)CC2)nc1. The van der Waals surface area contributed by atoms with E-state index in [2.05, 4.69) is 9.88 Å². The number of esters is 1. The summed E-state index contributed by atoms with van der Waals surface area (Å²) in [4.78, 5) is 32.3. The number of anilines is 1. The summed E-state index contributed by atoms with van der Waals surface area (Å²) in [5.74, 6) is 0.120. The fraction of sp³-hybridized carbons (Fsp3) is 0.350. The molecule has 1 aromatic carbocycles. The summed E-state index contributed by atoms with van der Waals surface area (Å²) in [7, 11) is 0. The summed E-state index contributed by atoms with van der Waals surface area (Å²) < 4.78 is 17.9. The molecule has 27 heavy (non-hydrogen) atoms. The first kappa shape index (κ1) is 18.8. The van der Waals surface area contributed by atoms with Crippen molar-refractivity contribution in [2.24, 2.45) is 0 Å². The summed E-state index contributed by atoms with van der Waals surface area (Å²) in [6.45, 7) is 4.62. The molecule has 7 heteroatoms. The summed E-state index contributed by atoms with van der Waals surface area (Å²) in [6, 6.07) is 9.50. The van der Waals surface area contributed by atoms with E-state index in [9.17, 15) is 14.0 Å². The number of nitrogens with zero attached hydrogens (tertiary/aromatic N) is 3. The van der Waals surface area contributed by atoms with Crippen molar-refractivity contribution < 1.29 is 18.7 Å². The Kier molecular flexibility index (Phi) is 6.01. The first-order valence-corrected chi connectivity index (χ1v) is 8.97. The molecule has 0 atom stereocenters. The number of rotatable bonds is 5. The molecule has 6 nitrogen and oxygen atoms in total. The zero-order valence-corrected chi connectivity index (χ0v) is 15.2. The zero-order chi connectivity index (χ0) is 19.2. The fourth-order valence-electron chi connectivity index (χ4n) is 2.98. The monoisotopic (exact) mass is 371 g/mol. The maximum Gasteiger partial charge on any atom is 0.339 e. The minimum absolute atomic E-state index is 0.0341. The largest absolute Gasteiger partial charge is 0.462 e. The van der Waals surface area contributed by atoms with E-state index in [1.165, 1.54) is 18.3 Å². The quantitative estimate of drug-likeness (QED) is 0.755. The predicted molar refractivity (Wildman–Crippen MR) is 99.1 cm³/mol. The molecule has 0 radical (unpaired) electrons. The van der Waals surface area contributed by atoms with Crippen LogP contribution in [0, 0.1) is 5.82 Å². The normalized spacial score (nSPS) is 14.1. The number of hydrogen-bond acceptors (Lipinski definition) is 5. The zero-order valence-electron chi connectivity index (χ0n) is 15.2. The summed E-state index contributed by atoms with van der Waals surface area (Å²) in [5, 5.41) is 0. The van der Waals surface area contributed by atoms with Gasteiger partial charge in [-0.05, 0) is 36.8 Å². The average molecular weight is 371 g/mol. The van der Waals surface area contributed by atoms with Crippen molar-refractivity contribution in [2.75, 3.05) is 37.7 Å². The van der Waals surface area contributed by atoms with E-state index < -0.39 is 0 Å². The van der Waals surface area contributed by atoms with Crippen LogP contribution in [0.4, 0.5) is 10.2 Å². The van der Waals surface area contributed by atoms with Crippen molar-refractivity contribution in [1.82, 2.24) is 9.88 Å². The summed E-state index contributed by atoms with van der Waals surface area (Å²) >= 11 is 0. The van der Waals surface area contributed by atoms with Crippen LogP contribution in [0.5, 0.6) is 0 Å². The van der Waals surface area contributed by atoms with Crippen LogP contribution in [0.1, 0.15) is 22.8 Å². The molecular weight excluding hydrogens is 349 g/mol. The van der Waals surface area contributed by atoms with Gasteiger partial charge in [0.05, 0.1) is 18.6 Å². The van der Waals surface area contributed by atoms with Gasteiger partial charge in [0.25, 0.3) is 0 Å². The molecule has 1 amide bonds. The smallest absolute Gasteiger partial charge is 0.339 e. The third kappa shape index (κ3) is 4.81. The van der Waals surface area contributed by atoms with Gasteiger partial charge >= 0.3 is 5.97 Å². The second-order valence-electron chi connectivity index (χ2n) is 6.30. The van der Waals surface area contributed by atoms with Crippen molar-refractivity contribution in [3.63, 3.8) is 0 Å². The van der Waals surface area contributed by atoms with Gasteiger partial charge < -0.3 is 14.5 Å². The standard InChI is InChI=1S/C20H22FN3O3/c1-2-27-20(26)16-5-8-18(22-14-16)23-9-11-24(12-10-23)19(25)13-15-3-6-17(21)7-4-15/h3-8,14H,2,9-13H2,1H3. The van der Waals surface area contributed by atoms with Crippen LogP contribution in [0.3, 0.4) is 0 Å². The van der Waals surface area contributed by atoms with Crippen LogP contribution >= 0.6 is 0 Å². The van der Waals surface area contributed by atoms with Gasteiger partial charge in [0.1, 0.15) is 11.6 Å². The molecule has 3 rings (SSSR count). The van der Waals surface area contributed by atoms with Crippen LogP contribution in [0.15, 0.2) is 42.6 Å². The highest BCUT2D eigenvalue weighted by Gasteiger charge is 2.22. The predicted octanol–water partition coefficient (Wildman–Crippen LogP) is 2.29. The number of hydrogen-bond donors (Lipinski definition) is 0. The lowest BCUT2D eigenvalue weighted by Crippen LogP contribution is -2.49. The number of benzene rings is 1. The van der Waals surface area contributed by atoms with Crippen molar-refractivity contribution >= 4 is 17.7 Å². The van der Waals surface area contributed by atoms with Gasteiger partial charge in [0, 0.05) is 32.4 Å². The molecule has 0 unspecified atom stereocenters. The van der Waals surface area contributed by atoms with Gasteiger partial charge in [-0.25, -0.2) is 14.2 Å². The Labute approximate surface area is 157 Å². The van der Waals surface area contributed by atoms with E-state index in [1.54, 1.807) is 31.2 Å². The number of ether oxygens (including phenoxy) is 1. The van der Waals surface area contributed by atoms with Crippen LogP contribution in [0.25, 0.3) is 0 Å². The van der Waals surface area contributed by atoms with Crippen molar-refractivity contribution in [3.8, 4) is 0 Å². The second kappa shape index (κ2) is 8.62. The van der Waals surface area contributed by atoms with Crippen LogP contribution in [0.2, 0.25) is 0 Å². The van der Waals surface area contributed by atoms with E-state index in [0.717, 1.165) is 11.4 Å². The first-order chi connectivity index (χ1) is 13.1. The maximum atomic E-state index is 13.0. The fourth-order valence-corrected chi connectivity index (χ4v) is 2.98. The Bertz CT molecular complexity index is 785. The molecule has 0 bridgehead atoms. The molecule has 0 N–H and O–H groups in total. The lowest BCUT2D eigenvalue weighted by atomic mass is 10.1. The number of amides is 1. The highest BCUT2D eigenvalue weighted by Crippen LogP contribution is 2.15. The van der Waals surface area contributed by atoms with Crippen molar-refractivity contribution in [1.29, 1.82) is 0 Å². The van der Waals surface area contributed by atoms with Gasteiger partial charge in [0.2, 0.25) is 5.91 Å². The number of carbonyl (C=O) groups is 2. The number of piperazine rings is 1. The molecule has 0 spiro atoms. The lowest BCUT2D eigenvalue weighted by Gasteiger charge is -2.35. The van der Waals surface area contributed by atoms with Crippen LogP contribution in [-0.4, -0.2) is 54.5 Å². The van der Waals surface area contributed by atoms with Crippen LogP contribution < -0.4 is 4.90 Å². The van der Waals surface area contributed by atoms with Gasteiger partial charge in [0.15, 0.2) is 0 Å². The van der Waals surface area contributed by atoms with Gasteiger partial charge in [-0.3, -0.25) is 4.79 Å². The molecule has 1 aromatic heterocycles. The topological polar surface area (TPSA) is 62.7 Å². The number of aromatic nitrogens is 1. The number of pyridine rings is 1. The molecule has 0 saturated carbocycles. The first-order valence-electron chi connectivity index (χ1n) is 8.97. The molecule has 142 valence electrons. The molecule has 1 saturated heterocycles. The maximum absolute atomic E-state index is 13.0. The molecule has 1 aliphatic heterocycles. The highest BCUT2D eigenvalue weighted by atomic mass is 19.1. The Hall–Kier alpha value is -2.96. The van der Waals surface area contributed by atoms with E-state index in [4.69, 9.17) is 4.74 Å². The number of carbonyl (C=O) groups excluding carboxylic acids is 2. The highest BCUT2D eigenvalue weighted by molar-refractivity contribution is 5.89.